The van der Waals surface area contributed by atoms with E-state index < -0.39 is 6.04 Å². The summed E-state index contributed by atoms with van der Waals surface area (Å²) in [7, 11) is 0. The Labute approximate surface area is 223 Å². The van der Waals surface area contributed by atoms with Gasteiger partial charge in [-0.2, -0.15) is 0 Å². The molecule has 0 saturated heterocycles. The van der Waals surface area contributed by atoms with Crippen LogP contribution in [0.4, 0.5) is 0 Å². The van der Waals surface area contributed by atoms with Gasteiger partial charge in [0.2, 0.25) is 5.91 Å². The van der Waals surface area contributed by atoms with Crippen molar-refractivity contribution in [1.29, 1.82) is 0 Å². The molecule has 0 aromatic heterocycles. The highest BCUT2D eigenvalue weighted by Crippen LogP contribution is 2.25. The molecule has 190 valence electrons. The fourth-order valence-electron chi connectivity index (χ4n) is 3.84. The maximum atomic E-state index is 13.7. The minimum Gasteiger partial charge on any atom is -0.483 e. The monoisotopic (exact) mass is 526 g/mol. The van der Waals surface area contributed by atoms with Crippen LogP contribution in [-0.2, 0) is 22.6 Å². The lowest BCUT2D eigenvalue weighted by molar-refractivity contribution is -0.142. The standard InChI is InChI=1S/C29H32Cl2N2O3/c1-4-14-32-29(35)26(16-22-8-6-5-7-9-22)33(18-23-12-13-24(30)17-25(23)31)28(34)19-36-27-15-20(2)10-11-21(27)3/h5-13,15,17,26H,4,14,16,18-19H2,1-3H3,(H,32,35)/t26-/m0/s1. The predicted molar refractivity (Wildman–Crippen MR) is 146 cm³/mol. The number of nitrogens with zero attached hydrogens (tertiary/aromatic N) is 1. The molecule has 0 radical (unpaired) electrons. The number of halogens is 2. The number of ether oxygens (including phenoxy) is 1. The van der Waals surface area contributed by atoms with Crippen molar-refractivity contribution in [3.05, 3.63) is 99.0 Å². The summed E-state index contributed by atoms with van der Waals surface area (Å²) in [5.41, 5.74) is 3.61. The van der Waals surface area contributed by atoms with Crippen molar-refractivity contribution in [3.63, 3.8) is 0 Å². The van der Waals surface area contributed by atoms with Crippen LogP contribution in [0.5, 0.6) is 5.75 Å². The molecular weight excluding hydrogens is 495 g/mol. The van der Waals surface area contributed by atoms with Gasteiger partial charge in [-0.1, -0.05) is 78.7 Å². The first-order valence-electron chi connectivity index (χ1n) is 12.0. The molecule has 0 aliphatic rings. The van der Waals surface area contributed by atoms with E-state index in [1.165, 1.54) is 0 Å². The summed E-state index contributed by atoms with van der Waals surface area (Å²) in [6.07, 6.45) is 1.15. The molecule has 0 saturated carbocycles. The van der Waals surface area contributed by atoms with Gasteiger partial charge in [-0.15, -0.1) is 0 Å². The van der Waals surface area contributed by atoms with Crippen LogP contribution >= 0.6 is 23.2 Å². The topological polar surface area (TPSA) is 58.6 Å². The SMILES string of the molecule is CCCNC(=O)[C@H](Cc1ccccc1)N(Cc1ccc(Cl)cc1Cl)C(=O)COc1cc(C)ccc1C. The Kier molecular flexibility index (Phi) is 10.2. The van der Waals surface area contributed by atoms with Crippen LogP contribution in [0.25, 0.3) is 0 Å². The molecule has 0 bridgehead atoms. The van der Waals surface area contributed by atoms with Crippen LogP contribution in [0.1, 0.15) is 35.6 Å². The number of nitrogens with one attached hydrogen (secondary N) is 1. The maximum absolute atomic E-state index is 13.7. The second-order valence-electron chi connectivity index (χ2n) is 8.81. The fourth-order valence-corrected chi connectivity index (χ4v) is 4.31. The predicted octanol–water partition coefficient (Wildman–Crippen LogP) is 6.16. The highest BCUT2D eigenvalue weighted by molar-refractivity contribution is 6.35. The van der Waals surface area contributed by atoms with Gasteiger partial charge in [0.1, 0.15) is 11.8 Å². The van der Waals surface area contributed by atoms with Crippen molar-refractivity contribution in [2.24, 2.45) is 0 Å². The second kappa shape index (κ2) is 13.3. The third-order valence-corrected chi connectivity index (χ3v) is 6.46. The first-order chi connectivity index (χ1) is 17.3. The average molecular weight is 527 g/mol. The normalized spacial score (nSPS) is 11.6. The van der Waals surface area contributed by atoms with Gasteiger partial charge < -0.3 is 15.0 Å². The average Bonchev–Trinajstić information content (AvgIpc) is 2.86. The Bertz CT molecular complexity index is 1180. The summed E-state index contributed by atoms with van der Waals surface area (Å²) in [6.45, 7) is 6.34. The van der Waals surface area contributed by atoms with Gasteiger partial charge in [0.15, 0.2) is 6.61 Å². The number of hydrogen-bond acceptors (Lipinski definition) is 3. The smallest absolute Gasteiger partial charge is 0.261 e. The molecule has 36 heavy (non-hydrogen) atoms. The van der Waals surface area contributed by atoms with Gasteiger partial charge in [-0.05, 0) is 60.7 Å². The first kappa shape index (κ1) is 27.6. The number of aryl methyl sites for hydroxylation is 2. The molecule has 2 amide bonds. The Morgan fingerprint density at radius 3 is 2.44 bits per heavy atom. The molecule has 0 aliphatic carbocycles. The van der Waals surface area contributed by atoms with Crippen LogP contribution in [0.2, 0.25) is 10.0 Å². The lowest BCUT2D eigenvalue weighted by Crippen LogP contribution is -2.51. The van der Waals surface area contributed by atoms with Gasteiger partial charge >= 0.3 is 0 Å². The number of amides is 2. The lowest BCUT2D eigenvalue weighted by Gasteiger charge is -2.32. The molecule has 1 atom stereocenters. The van der Waals surface area contributed by atoms with Crippen LogP contribution in [-0.4, -0.2) is 35.9 Å². The Morgan fingerprint density at radius 1 is 1.00 bits per heavy atom. The molecule has 3 aromatic rings. The number of carbonyl (C=O) groups excluding carboxylic acids is 2. The van der Waals surface area contributed by atoms with E-state index in [9.17, 15) is 9.59 Å². The lowest BCUT2D eigenvalue weighted by atomic mass is 10.0. The molecule has 0 heterocycles. The fraction of sp³-hybridized carbons (Fsp3) is 0.310. The van der Waals surface area contributed by atoms with Crippen molar-refractivity contribution in [2.75, 3.05) is 13.2 Å². The van der Waals surface area contributed by atoms with E-state index in [0.29, 0.717) is 34.3 Å². The summed E-state index contributed by atoms with van der Waals surface area (Å²) >= 11 is 12.6. The first-order valence-corrected chi connectivity index (χ1v) is 12.8. The van der Waals surface area contributed by atoms with Crippen molar-refractivity contribution < 1.29 is 14.3 Å². The van der Waals surface area contributed by atoms with E-state index in [1.54, 1.807) is 23.1 Å². The molecule has 0 fully saturated rings. The summed E-state index contributed by atoms with van der Waals surface area (Å²) in [5.74, 6) is 0.114. The van der Waals surface area contributed by atoms with E-state index in [0.717, 1.165) is 23.1 Å². The van der Waals surface area contributed by atoms with E-state index in [2.05, 4.69) is 5.32 Å². The minimum atomic E-state index is -0.750. The zero-order chi connectivity index (χ0) is 26.1. The summed E-state index contributed by atoms with van der Waals surface area (Å²) < 4.78 is 5.93. The van der Waals surface area contributed by atoms with Crippen LogP contribution < -0.4 is 10.1 Å². The van der Waals surface area contributed by atoms with E-state index in [4.69, 9.17) is 27.9 Å². The molecule has 3 rings (SSSR count). The number of rotatable bonds is 11. The molecule has 3 aromatic carbocycles. The zero-order valence-electron chi connectivity index (χ0n) is 20.9. The van der Waals surface area contributed by atoms with E-state index in [1.807, 2.05) is 69.3 Å². The van der Waals surface area contributed by atoms with Gasteiger partial charge in [-0.3, -0.25) is 9.59 Å². The number of carbonyl (C=O) groups is 2. The Balaban J connectivity index is 1.94. The maximum Gasteiger partial charge on any atom is 0.261 e. The van der Waals surface area contributed by atoms with Crippen LogP contribution in [0.15, 0.2) is 66.7 Å². The highest BCUT2D eigenvalue weighted by Gasteiger charge is 2.31. The van der Waals surface area contributed by atoms with Gasteiger partial charge in [0.05, 0.1) is 0 Å². The van der Waals surface area contributed by atoms with Crippen molar-refractivity contribution in [2.45, 2.75) is 46.2 Å². The molecule has 5 nitrogen and oxygen atoms in total. The molecular formula is C29H32Cl2N2O3. The number of benzene rings is 3. The molecule has 1 N–H and O–H groups in total. The van der Waals surface area contributed by atoms with E-state index >= 15 is 0 Å². The second-order valence-corrected chi connectivity index (χ2v) is 9.66. The molecule has 0 aliphatic heterocycles. The van der Waals surface area contributed by atoms with E-state index in [-0.39, 0.29) is 25.0 Å². The summed E-state index contributed by atoms with van der Waals surface area (Å²) in [4.78, 5) is 28.6. The van der Waals surface area contributed by atoms with Gasteiger partial charge in [0.25, 0.3) is 5.91 Å². The zero-order valence-corrected chi connectivity index (χ0v) is 22.4. The minimum absolute atomic E-state index is 0.141. The van der Waals surface area contributed by atoms with Crippen molar-refractivity contribution in [3.8, 4) is 5.75 Å². The summed E-state index contributed by atoms with van der Waals surface area (Å²) in [5, 5.41) is 3.89. The van der Waals surface area contributed by atoms with Gasteiger partial charge in [0, 0.05) is 29.6 Å². The molecule has 0 spiro atoms. The highest BCUT2D eigenvalue weighted by atomic mass is 35.5. The van der Waals surface area contributed by atoms with Crippen LogP contribution in [0.3, 0.4) is 0 Å². The van der Waals surface area contributed by atoms with Crippen molar-refractivity contribution in [1.82, 2.24) is 10.2 Å². The van der Waals surface area contributed by atoms with Crippen LogP contribution in [0, 0.1) is 13.8 Å². The third-order valence-electron chi connectivity index (χ3n) is 5.87. The Hall–Kier alpha value is -3.02. The number of hydrogen-bond donors (Lipinski definition) is 1. The quantitative estimate of drug-likeness (QED) is 0.325. The Morgan fingerprint density at radius 2 is 1.75 bits per heavy atom. The molecule has 0 unspecified atom stereocenters. The summed E-state index contributed by atoms with van der Waals surface area (Å²) in [6, 6.07) is 19.9. The van der Waals surface area contributed by atoms with Crippen molar-refractivity contribution >= 4 is 35.0 Å². The third kappa shape index (κ3) is 7.74. The molecule has 7 heteroatoms. The van der Waals surface area contributed by atoms with Gasteiger partial charge in [-0.25, -0.2) is 0 Å². The largest absolute Gasteiger partial charge is 0.483 e.